The van der Waals surface area contributed by atoms with Crippen LogP contribution >= 0.6 is 0 Å². The molecule has 1 aliphatic rings. The molecule has 1 heterocycles. The minimum Gasteiger partial charge on any atom is -0.207 e. The molecule has 1 aliphatic heterocycles. The number of rotatable bonds is 3. The molecule has 4 nitrogen and oxygen atoms in total. The van der Waals surface area contributed by atoms with Gasteiger partial charge in [-0.1, -0.05) is 26.0 Å². The summed E-state index contributed by atoms with van der Waals surface area (Å²) in [5, 5.41) is 8.86. The third-order valence-corrected chi connectivity index (χ3v) is 5.73. The first-order chi connectivity index (χ1) is 9.45. The summed E-state index contributed by atoms with van der Waals surface area (Å²) in [6.07, 6.45) is 1.25. The van der Waals surface area contributed by atoms with Gasteiger partial charge in [-0.2, -0.15) is 9.57 Å². The first kappa shape index (κ1) is 15.0. The largest absolute Gasteiger partial charge is 0.243 e. The minimum absolute atomic E-state index is 0.00948. The van der Waals surface area contributed by atoms with Crippen LogP contribution in [0.2, 0.25) is 0 Å². The number of nitrogens with zero attached hydrogens (tertiary/aromatic N) is 2. The lowest BCUT2D eigenvalue weighted by Gasteiger charge is -2.28. The van der Waals surface area contributed by atoms with Crippen LogP contribution in [0.4, 0.5) is 0 Å². The van der Waals surface area contributed by atoms with E-state index in [1.807, 2.05) is 12.1 Å². The number of piperidine rings is 1. The van der Waals surface area contributed by atoms with E-state index in [4.69, 9.17) is 5.26 Å². The molecular weight excluding hydrogens is 272 g/mol. The summed E-state index contributed by atoms with van der Waals surface area (Å²) in [6, 6.07) is 9.33. The lowest BCUT2D eigenvalue weighted by atomic mass is 10.0. The molecule has 1 aromatic rings. The van der Waals surface area contributed by atoms with Crippen molar-refractivity contribution < 1.29 is 8.42 Å². The van der Waals surface area contributed by atoms with Gasteiger partial charge in [0.2, 0.25) is 10.0 Å². The smallest absolute Gasteiger partial charge is 0.207 e. The molecular formula is C15H20N2O2S. The third-order valence-electron chi connectivity index (χ3n) is 3.82. The Kier molecular flexibility index (Phi) is 4.46. The van der Waals surface area contributed by atoms with Gasteiger partial charge in [0.25, 0.3) is 0 Å². The molecule has 1 aromatic carbocycles. The summed E-state index contributed by atoms with van der Waals surface area (Å²) in [4.78, 5) is 0.345. The Balaban J connectivity index is 2.17. The highest BCUT2D eigenvalue weighted by Crippen LogP contribution is 2.24. The number of benzene rings is 1. The molecule has 0 saturated carbocycles. The van der Waals surface area contributed by atoms with Gasteiger partial charge in [-0.15, -0.1) is 0 Å². The van der Waals surface area contributed by atoms with Crippen LogP contribution in [0, 0.1) is 17.2 Å². The van der Waals surface area contributed by atoms with E-state index in [2.05, 4.69) is 19.9 Å². The number of hydrogen-bond acceptors (Lipinski definition) is 3. The van der Waals surface area contributed by atoms with Crippen molar-refractivity contribution in [1.29, 1.82) is 5.26 Å². The summed E-state index contributed by atoms with van der Waals surface area (Å²) in [5.74, 6) is 0.378. The van der Waals surface area contributed by atoms with Crippen LogP contribution in [0.5, 0.6) is 0 Å². The lowest BCUT2D eigenvalue weighted by Crippen LogP contribution is -2.38. The zero-order valence-corrected chi connectivity index (χ0v) is 12.7. The van der Waals surface area contributed by atoms with E-state index in [9.17, 15) is 8.42 Å². The van der Waals surface area contributed by atoms with E-state index in [0.717, 1.165) is 5.56 Å². The molecule has 2 rings (SSSR count). The first-order valence-corrected chi connectivity index (χ1v) is 8.39. The highest BCUT2D eigenvalue weighted by molar-refractivity contribution is 7.89. The number of sulfonamides is 1. The average Bonchev–Trinajstić information content (AvgIpc) is 2.47. The van der Waals surface area contributed by atoms with Crippen molar-refractivity contribution in [3.63, 3.8) is 0 Å². The Morgan fingerprint density at radius 1 is 1.20 bits per heavy atom. The molecule has 0 aliphatic carbocycles. The van der Waals surface area contributed by atoms with Crippen molar-refractivity contribution in [1.82, 2.24) is 4.31 Å². The van der Waals surface area contributed by atoms with Crippen molar-refractivity contribution in [3.8, 4) is 6.07 Å². The second-order valence-corrected chi connectivity index (χ2v) is 7.47. The van der Waals surface area contributed by atoms with Gasteiger partial charge in [0.1, 0.15) is 0 Å². The maximum Gasteiger partial charge on any atom is 0.243 e. The predicted molar refractivity (Wildman–Crippen MR) is 77.6 cm³/mol. The van der Waals surface area contributed by atoms with Crippen LogP contribution in [-0.2, 0) is 10.0 Å². The molecule has 0 spiro atoms. The molecule has 0 amide bonds. The van der Waals surface area contributed by atoms with Crippen molar-refractivity contribution in [2.75, 3.05) is 13.1 Å². The van der Waals surface area contributed by atoms with Gasteiger partial charge in [-0.05, 0) is 36.5 Å². The summed E-state index contributed by atoms with van der Waals surface area (Å²) in [7, 11) is -3.41. The van der Waals surface area contributed by atoms with E-state index in [1.165, 1.54) is 4.31 Å². The van der Waals surface area contributed by atoms with Crippen LogP contribution in [0.3, 0.4) is 0 Å². The molecule has 1 saturated heterocycles. The Labute approximate surface area is 121 Å². The topological polar surface area (TPSA) is 61.2 Å². The van der Waals surface area contributed by atoms with Crippen LogP contribution < -0.4 is 0 Å². The van der Waals surface area contributed by atoms with E-state index in [0.29, 0.717) is 36.7 Å². The first-order valence-electron chi connectivity index (χ1n) is 6.95. The predicted octanol–water partition coefficient (Wildman–Crippen LogP) is 2.73. The van der Waals surface area contributed by atoms with Gasteiger partial charge < -0.3 is 0 Å². The fourth-order valence-electron chi connectivity index (χ4n) is 2.40. The molecule has 0 bridgehead atoms. The Morgan fingerprint density at radius 3 is 2.20 bits per heavy atom. The van der Waals surface area contributed by atoms with Crippen LogP contribution in [0.25, 0.3) is 0 Å². The highest BCUT2D eigenvalue weighted by atomic mass is 32.2. The van der Waals surface area contributed by atoms with E-state index < -0.39 is 10.0 Å². The second kappa shape index (κ2) is 5.94. The minimum atomic E-state index is -3.41. The number of nitriles is 1. The fourth-order valence-corrected chi connectivity index (χ4v) is 3.87. The molecule has 5 heteroatoms. The normalized spacial score (nSPS) is 18.1. The zero-order chi connectivity index (χ0) is 14.8. The van der Waals surface area contributed by atoms with E-state index in [1.54, 1.807) is 12.1 Å². The van der Waals surface area contributed by atoms with Gasteiger partial charge >= 0.3 is 0 Å². The van der Waals surface area contributed by atoms with Gasteiger partial charge in [0, 0.05) is 19.0 Å². The Bertz CT molecular complexity index is 592. The molecule has 0 unspecified atom stereocenters. The number of hydrogen-bond donors (Lipinski definition) is 0. The zero-order valence-electron chi connectivity index (χ0n) is 11.9. The maximum absolute atomic E-state index is 12.5. The molecule has 108 valence electrons. The SMILES string of the molecule is CC(C)c1ccc(S(=O)(=O)N2CCC(C#N)CC2)cc1. The van der Waals surface area contributed by atoms with Crippen molar-refractivity contribution in [3.05, 3.63) is 29.8 Å². The standard InChI is InChI=1S/C15H20N2O2S/c1-12(2)14-3-5-15(6-4-14)20(18,19)17-9-7-13(11-16)8-10-17/h3-6,12-13H,7-10H2,1-2H3. The molecule has 20 heavy (non-hydrogen) atoms. The maximum atomic E-state index is 12.5. The summed E-state index contributed by atoms with van der Waals surface area (Å²) in [5.41, 5.74) is 1.13. The molecule has 0 aromatic heterocycles. The van der Waals surface area contributed by atoms with Gasteiger partial charge in [0.05, 0.1) is 11.0 Å². The molecule has 0 radical (unpaired) electrons. The summed E-state index contributed by atoms with van der Waals surface area (Å²) < 4.78 is 26.5. The Hall–Kier alpha value is -1.38. The second-order valence-electron chi connectivity index (χ2n) is 5.53. The van der Waals surface area contributed by atoms with Crippen LogP contribution in [-0.4, -0.2) is 25.8 Å². The van der Waals surface area contributed by atoms with E-state index in [-0.39, 0.29) is 5.92 Å². The monoisotopic (exact) mass is 292 g/mol. The van der Waals surface area contributed by atoms with E-state index >= 15 is 0 Å². The van der Waals surface area contributed by atoms with Crippen molar-refractivity contribution >= 4 is 10.0 Å². The van der Waals surface area contributed by atoms with Crippen LogP contribution in [0.15, 0.2) is 29.2 Å². The van der Waals surface area contributed by atoms with Crippen LogP contribution in [0.1, 0.15) is 38.2 Å². The summed E-state index contributed by atoms with van der Waals surface area (Å²) in [6.45, 7) is 5.03. The quantitative estimate of drug-likeness (QED) is 0.860. The molecule has 0 N–H and O–H groups in total. The third kappa shape index (κ3) is 3.02. The molecule has 0 atom stereocenters. The summed E-state index contributed by atoms with van der Waals surface area (Å²) >= 11 is 0. The van der Waals surface area contributed by atoms with Gasteiger partial charge in [-0.3, -0.25) is 0 Å². The Morgan fingerprint density at radius 2 is 1.75 bits per heavy atom. The van der Waals surface area contributed by atoms with Gasteiger partial charge in [0.15, 0.2) is 0 Å². The highest BCUT2D eigenvalue weighted by Gasteiger charge is 2.29. The van der Waals surface area contributed by atoms with Crippen molar-refractivity contribution in [2.24, 2.45) is 5.92 Å². The average molecular weight is 292 g/mol. The van der Waals surface area contributed by atoms with Gasteiger partial charge in [-0.25, -0.2) is 8.42 Å². The molecule has 1 fully saturated rings. The fraction of sp³-hybridized carbons (Fsp3) is 0.533. The van der Waals surface area contributed by atoms with Crippen molar-refractivity contribution in [2.45, 2.75) is 37.5 Å². The lowest BCUT2D eigenvalue weighted by molar-refractivity contribution is 0.310.